The minimum absolute atomic E-state index is 0.0545. The Bertz CT molecular complexity index is 1280. The van der Waals surface area contributed by atoms with Gasteiger partial charge in [-0.3, -0.25) is 9.59 Å². The molecule has 32 heavy (non-hydrogen) atoms. The van der Waals surface area contributed by atoms with Crippen molar-refractivity contribution in [3.63, 3.8) is 0 Å². The zero-order valence-corrected chi connectivity index (χ0v) is 18.1. The maximum absolute atomic E-state index is 13.4. The lowest BCUT2D eigenvalue weighted by Gasteiger charge is -2.33. The lowest BCUT2D eigenvalue weighted by molar-refractivity contribution is 0.0691. The monoisotopic (exact) mass is 456 g/mol. The van der Waals surface area contributed by atoms with Crippen LogP contribution in [0.1, 0.15) is 27.8 Å². The van der Waals surface area contributed by atoms with Crippen LogP contribution in [0.3, 0.4) is 0 Å². The number of hydrogen-bond acceptors (Lipinski definition) is 5. The fourth-order valence-electron chi connectivity index (χ4n) is 3.52. The molecule has 0 saturated carbocycles. The van der Waals surface area contributed by atoms with E-state index in [1.807, 2.05) is 0 Å². The molecule has 1 aromatic heterocycles. The van der Waals surface area contributed by atoms with Crippen LogP contribution in [0.5, 0.6) is 0 Å². The van der Waals surface area contributed by atoms with Crippen molar-refractivity contribution in [1.82, 2.24) is 19.0 Å². The normalized spacial score (nSPS) is 15.0. The van der Waals surface area contributed by atoms with Crippen LogP contribution < -0.4 is 0 Å². The van der Waals surface area contributed by atoms with Gasteiger partial charge in [-0.25, -0.2) is 17.5 Å². The highest BCUT2D eigenvalue weighted by molar-refractivity contribution is 7.89. The van der Waals surface area contributed by atoms with Gasteiger partial charge in [0.05, 0.1) is 10.6 Å². The first-order chi connectivity index (χ1) is 15.3. The number of carbonyl (C=O) groups excluding carboxylic acids is 2. The van der Waals surface area contributed by atoms with Gasteiger partial charge in [0.2, 0.25) is 10.0 Å². The Morgan fingerprint density at radius 2 is 1.69 bits per heavy atom. The van der Waals surface area contributed by atoms with Gasteiger partial charge in [0, 0.05) is 37.9 Å². The highest BCUT2D eigenvalue weighted by atomic mass is 32.2. The zero-order valence-electron chi connectivity index (χ0n) is 17.3. The van der Waals surface area contributed by atoms with Gasteiger partial charge in [0.25, 0.3) is 5.91 Å². The molecule has 0 aliphatic carbocycles. The molecule has 3 aromatic rings. The molecular weight excluding hydrogens is 435 g/mol. The standard InChI is InChI=1S/C22H21FN4O4S/c1-16(28)17-4-2-7-20(14-17)32(30,31)26-12-10-25(11-13-26)22(29)21-8-9-27(24-21)19-6-3-5-18(23)15-19/h2-9,14-15H,10-13H2,1H3. The number of piperazine rings is 1. The van der Waals surface area contributed by atoms with E-state index < -0.39 is 15.8 Å². The van der Waals surface area contributed by atoms with Crippen LogP contribution in [0.4, 0.5) is 4.39 Å². The van der Waals surface area contributed by atoms with Crippen LogP contribution in [-0.2, 0) is 10.0 Å². The largest absolute Gasteiger partial charge is 0.335 e. The molecule has 0 unspecified atom stereocenters. The van der Waals surface area contributed by atoms with E-state index in [1.165, 1.54) is 45.1 Å². The second kappa shape index (κ2) is 8.64. The average molecular weight is 456 g/mol. The molecule has 1 aliphatic heterocycles. The molecule has 2 aromatic carbocycles. The van der Waals surface area contributed by atoms with Gasteiger partial charge in [-0.1, -0.05) is 18.2 Å². The van der Waals surface area contributed by atoms with Gasteiger partial charge in [-0.15, -0.1) is 0 Å². The summed E-state index contributed by atoms with van der Waals surface area (Å²) in [6.45, 7) is 2.05. The van der Waals surface area contributed by atoms with Crippen molar-refractivity contribution in [2.75, 3.05) is 26.2 Å². The van der Waals surface area contributed by atoms with Crippen LogP contribution in [0.15, 0.2) is 65.7 Å². The quantitative estimate of drug-likeness (QED) is 0.550. The minimum Gasteiger partial charge on any atom is -0.335 e. The van der Waals surface area contributed by atoms with E-state index in [-0.39, 0.29) is 48.5 Å². The summed E-state index contributed by atoms with van der Waals surface area (Å²) in [5.74, 6) is -0.942. The van der Waals surface area contributed by atoms with Crippen molar-refractivity contribution < 1.29 is 22.4 Å². The summed E-state index contributed by atoms with van der Waals surface area (Å²) >= 11 is 0. The van der Waals surface area contributed by atoms with E-state index in [0.29, 0.717) is 11.3 Å². The van der Waals surface area contributed by atoms with Gasteiger partial charge in [0.1, 0.15) is 5.82 Å². The van der Waals surface area contributed by atoms with E-state index in [9.17, 15) is 22.4 Å². The molecule has 1 amide bonds. The fraction of sp³-hybridized carbons (Fsp3) is 0.227. The molecule has 0 radical (unpaired) electrons. The van der Waals surface area contributed by atoms with Crippen LogP contribution in [0, 0.1) is 5.82 Å². The van der Waals surface area contributed by atoms with Gasteiger partial charge < -0.3 is 4.90 Å². The third-order valence-electron chi connectivity index (χ3n) is 5.29. The highest BCUT2D eigenvalue weighted by Crippen LogP contribution is 2.20. The van der Waals surface area contributed by atoms with Gasteiger partial charge in [-0.05, 0) is 43.3 Å². The minimum atomic E-state index is -3.78. The number of amides is 1. The summed E-state index contributed by atoms with van der Waals surface area (Å²) in [6.07, 6.45) is 1.57. The van der Waals surface area contributed by atoms with Crippen LogP contribution >= 0.6 is 0 Å². The van der Waals surface area contributed by atoms with E-state index in [0.717, 1.165) is 0 Å². The van der Waals surface area contributed by atoms with Crippen LogP contribution in [-0.4, -0.2) is 65.3 Å². The molecule has 0 N–H and O–H groups in total. The van der Waals surface area contributed by atoms with Gasteiger partial charge in [0.15, 0.2) is 11.5 Å². The van der Waals surface area contributed by atoms with Gasteiger partial charge in [-0.2, -0.15) is 9.40 Å². The van der Waals surface area contributed by atoms with Crippen molar-refractivity contribution in [3.8, 4) is 5.69 Å². The van der Waals surface area contributed by atoms with Crippen molar-refractivity contribution >= 4 is 21.7 Å². The molecular formula is C22H21FN4O4S. The second-order valence-electron chi connectivity index (χ2n) is 7.41. The molecule has 4 rings (SSSR count). The molecule has 0 spiro atoms. The summed E-state index contributed by atoms with van der Waals surface area (Å²) in [6, 6.07) is 13.3. The molecule has 0 bridgehead atoms. The third-order valence-corrected chi connectivity index (χ3v) is 7.18. The Balaban J connectivity index is 1.44. The number of sulfonamides is 1. The lowest BCUT2D eigenvalue weighted by Crippen LogP contribution is -2.50. The number of hydrogen-bond donors (Lipinski definition) is 0. The fourth-order valence-corrected chi connectivity index (χ4v) is 4.99. The first kappa shape index (κ1) is 21.8. The molecule has 2 heterocycles. The Labute approximate surface area is 184 Å². The number of halogens is 1. The zero-order chi connectivity index (χ0) is 22.9. The second-order valence-corrected chi connectivity index (χ2v) is 9.34. The maximum atomic E-state index is 13.4. The smallest absolute Gasteiger partial charge is 0.274 e. The molecule has 8 nitrogen and oxygen atoms in total. The topological polar surface area (TPSA) is 92.6 Å². The van der Waals surface area contributed by atoms with Gasteiger partial charge >= 0.3 is 0 Å². The molecule has 166 valence electrons. The van der Waals surface area contributed by atoms with E-state index in [1.54, 1.807) is 36.5 Å². The number of Topliss-reactive ketones (excluding diaryl/α,β-unsaturated/α-hetero) is 1. The number of aromatic nitrogens is 2. The lowest BCUT2D eigenvalue weighted by atomic mass is 10.2. The number of carbonyl (C=O) groups is 2. The number of rotatable bonds is 5. The number of benzene rings is 2. The van der Waals surface area contributed by atoms with E-state index in [4.69, 9.17) is 0 Å². The Morgan fingerprint density at radius 1 is 0.969 bits per heavy atom. The summed E-state index contributed by atoms with van der Waals surface area (Å²) in [5, 5.41) is 4.23. The van der Waals surface area contributed by atoms with Crippen molar-refractivity contribution in [2.45, 2.75) is 11.8 Å². The molecule has 1 fully saturated rings. The summed E-state index contributed by atoms with van der Waals surface area (Å²) in [4.78, 5) is 26.0. The highest BCUT2D eigenvalue weighted by Gasteiger charge is 2.31. The van der Waals surface area contributed by atoms with Crippen molar-refractivity contribution in [1.29, 1.82) is 0 Å². The summed E-state index contributed by atoms with van der Waals surface area (Å²) in [7, 11) is -3.78. The van der Waals surface area contributed by atoms with Crippen LogP contribution in [0.2, 0.25) is 0 Å². The third kappa shape index (κ3) is 4.32. The summed E-state index contributed by atoms with van der Waals surface area (Å²) < 4.78 is 42.1. The first-order valence-electron chi connectivity index (χ1n) is 9.98. The molecule has 10 heteroatoms. The average Bonchev–Trinajstić information content (AvgIpc) is 3.29. The molecule has 1 saturated heterocycles. The first-order valence-corrected chi connectivity index (χ1v) is 11.4. The molecule has 1 aliphatic rings. The Kier molecular flexibility index (Phi) is 5.90. The predicted octanol–water partition coefficient (Wildman–Crippen LogP) is 2.36. The Morgan fingerprint density at radius 3 is 2.38 bits per heavy atom. The van der Waals surface area contributed by atoms with Crippen molar-refractivity contribution in [3.05, 3.63) is 77.9 Å². The number of ketones is 1. The number of nitrogens with zero attached hydrogens (tertiary/aromatic N) is 4. The summed E-state index contributed by atoms with van der Waals surface area (Å²) in [5.41, 5.74) is 1.02. The van der Waals surface area contributed by atoms with E-state index in [2.05, 4.69) is 5.10 Å². The molecule has 0 atom stereocenters. The SMILES string of the molecule is CC(=O)c1cccc(S(=O)(=O)N2CCN(C(=O)c3ccn(-c4cccc(F)c4)n3)CC2)c1. The van der Waals surface area contributed by atoms with Crippen molar-refractivity contribution in [2.24, 2.45) is 0 Å². The maximum Gasteiger partial charge on any atom is 0.274 e. The van der Waals surface area contributed by atoms with E-state index >= 15 is 0 Å². The Hall–Kier alpha value is -3.37. The predicted molar refractivity (Wildman–Crippen MR) is 115 cm³/mol. The van der Waals surface area contributed by atoms with Crippen LogP contribution in [0.25, 0.3) is 5.69 Å².